The molecule has 1 N–H and O–H groups in total. The standard InChI is InChI=1S/C26H26ClN5O2/c1-26(10-11-26)34-25-22-24(29-16-30-25)32(15-17-5-3-2-4-6-17)23(31-22)20-8-7-18(13-21(20)27)33-19-9-12-28-14-19/h2-8,13,16,19,28H,9-12,14-15H2,1H3/t19-/m0/s1. The smallest absolute Gasteiger partial charge is 0.245 e. The summed E-state index contributed by atoms with van der Waals surface area (Å²) in [6.45, 7) is 4.53. The van der Waals surface area contributed by atoms with E-state index in [9.17, 15) is 0 Å². The van der Waals surface area contributed by atoms with Gasteiger partial charge in [-0.3, -0.25) is 0 Å². The quantitative estimate of drug-likeness (QED) is 0.411. The van der Waals surface area contributed by atoms with Crippen molar-refractivity contribution in [3.63, 3.8) is 0 Å². The summed E-state index contributed by atoms with van der Waals surface area (Å²) >= 11 is 6.79. The topological polar surface area (TPSA) is 74.1 Å². The number of ether oxygens (including phenoxy) is 2. The predicted molar refractivity (Wildman–Crippen MR) is 131 cm³/mol. The summed E-state index contributed by atoms with van der Waals surface area (Å²) in [5.74, 6) is 2.01. The number of hydrogen-bond acceptors (Lipinski definition) is 6. The summed E-state index contributed by atoms with van der Waals surface area (Å²) in [5.41, 5.74) is 3.16. The number of nitrogens with one attached hydrogen (secondary N) is 1. The molecule has 4 aromatic rings. The van der Waals surface area contributed by atoms with Gasteiger partial charge < -0.3 is 19.4 Å². The van der Waals surface area contributed by atoms with Crippen LogP contribution in [0.4, 0.5) is 0 Å². The minimum absolute atomic E-state index is 0.170. The van der Waals surface area contributed by atoms with Crippen molar-refractivity contribution in [2.45, 2.75) is 44.4 Å². The zero-order chi connectivity index (χ0) is 23.1. The maximum Gasteiger partial charge on any atom is 0.245 e. The van der Waals surface area contributed by atoms with E-state index in [0.29, 0.717) is 23.0 Å². The van der Waals surface area contributed by atoms with Crippen LogP contribution in [-0.4, -0.2) is 44.3 Å². The van der Waals surface area contributed by atoms with Gasteiger partial charge in [0.05, 0.1) is 11.6 Å². The van der Waals surface area contributed by atoms with Gasteiger partial charge in [-0.2, -0.15) is 4.98 Å². The minimum Gasteiger partial charge on any atom is -0.489 e. The molecule has 0 radical (unpaired) electrons. The van der Waals surface area contributed by atoms with Gasteiger partial charge in [-0.15, -0.1) is 0 Å². The van der Waals surface area contributed by atoms with E-state index in [4.69, 9.17) is 26.1 Å². The molecule has 0 amide bonds. The molecular weight excluding hydrogens is 450 g/mol. The number of hydrogen-bond donors (Lipinski definition) is 1. The van der Waals surface area contributed by atoms with Crippen LogP contribution < -0.4 is 14.8 Å². The second-order valence-electron chi connectivity index (χ2n) is 9.28. The number of halogens is 1. The maximum absolute atomic E-state index is 6.79. The van der Waals surface area contributed by atoms with Gasteiger partial charge in [0.15, 0.2) is 11.2 Å². The molecule has 2 aromatic heterocycles. The first-order valence-corrected chi connectivity index (χ1v) is 12.1. The Kier molecular flexibility index (Phi) is 5.38. The van der Waals surface area contributed by atoms with E-state index < -0.39 is 0 Å². The molecule has 0 bridgehead atoms. The van der Waals surface area contributed by atoms with Crippen molar-refractivity contribution < 1.29 is 9.47 Å². The molecule has 1 saturated heterocycles. The van der Waals surface area contributed by atoms with E-state index in [0.717, 1.165) is 60.7 Å². The van der Waals surface area contributed by atoms with Crippen LogP contribution in [0.1, 0.15) is 31.7 Å². The molecule has 6 rings (SSSR count). The first-order chi connectivity index (χ1) is 16.6. The van der Waals surface area contributed by atoms with Gasteiger partial charge in [-0.25, -0.2) is 9.97 Å². The van der Waals surface area contributed by atoms with Gasteiger partial charge in [0, 0.05) is 12.1 Å². The highest BCUT2D eigenvalue weighted by Gasteiger charge is 2.41. The molecule has 34 heavy (non-hydrogen) atoms. The van der Waals surface area contributed by atoms with Gasteiger partial charge in [0.25, 0.3) is 0 Å². The second kappa shape index (κ2) is 8.56. The fourth-order valence-electron chi connectivity index (χ4n) is 4.30. The maximum atomic E-state index is 6.79. The monoisotopic (exact) mass is 475 g/mol. The number of fused-ring (bicyclic) bond motifs is 1. The molecule has 174 valence electrons. The zero-order valence-electron chi connectivity index (χ0n) is 19.0. The van der Waals surface area contributed by atoms with Crippen molar-refractivity contribution in [2.24, 2.45) is 0 Å². The second-order valence-corrected chi connectivity index (χ2v) is 9.69. The van der Waals surface area contributed by atoms with Crippen molar-refractivity contribution in [3.05, 3.63) is 65.4 Å². The van der Waals surface area contributed by atoms with E-state index >= 15 is 0 Å². The van der Waals surface area contributed by atoms with Gasteiger partial charge in [0.1, 0.15) is 29.6 Å². The van der Waals surface area contributed by atoms with Crippen molar-refractivity contribution in [3.8, 4) is 23.0 Å². The molecule has 7 nitrogen and oxygen atoms in total. The molecule has 1 aliphatic carbocycles. The fourth-order valence-corrected chi connectivity index (χ4v) is 4.55. The van der Waals surface area contributed by atoms with Crippen LogP contribution in [0.5, 0.6) is 11.6 Å². The average Bonchev–Trinajstić information content (AvgIpc) is 3.20. The summed E-state index contributed by atoms with van der Waals surface area (Å²) in [5, 5.41) is 3.90. The number of imidazole rings is 1. The van der Waals surface area contributed by atoms with Crippen molar-refractivity contribution >= 4 is 22.8 Å². The minimum atomic E-state index is -0.170. The molecule has 2 aromatic carbocycles. The molecule has 2 aliphatic rings. The fraction of sp³-hybridized carbons (Fsp3) is 0.346. The number of benzene rings is 2. The first-order valence-electron chi connectivity index (χ1n) is 11.7. The van der Waals surface area contributed by atoms with Gasteiger partial charge in [-0.05, 0) is 56.5 Å². The van der Waals surface area contributed by atoms with Crippen LogP contribution in [0, 0.1) is 0 Å². The Balaban J connectivity index is 1.43. The third-order valence-corrected chi connectivity index (χ3v) is 6.79. The summed E-state index contributed by atoms with van der Waals surface area (Å²) in [4.78, 5) is 14.0. The van der Waals surface area contributed by atoms with Gasteiger partial charge >= 0.3 is 0 Å². The zero-order valence-corrected chi connectivity index (χ0v) is 19.8. The van der Waals surface area contributed by atoms with Crippen molar-refractivity contribution in [1.82, 2.24) is 24.8 Å². The van der Waals surface area contributed by atoms with E-state index in [-0.39, 0.29) is 11.7 Å². The normalized spacial score (nSPS) is 18.8. The third kappa shape index (κ3) is 4.21. The Bertz CT molecular complexity index is 1330. The van der Waals surface area contributed by atoms with Gasteiger partial charge in [-0.1, -0.05) is 41.9 Å². The summed E-state index contributed by atoms with van der Waals surface area (Å²) < 4.78 is 14.4. The number of rotatable bonds is 7. The summed E-state index contributed by atoms with van der Waals surface area (Å²) in [7, 11) is 0. The summed E-state index contributed by atoms with van der Waals surface area (Å²) in [6.07, 6.45) is 4.74. The van der Waals surface area contributed by atoms with Crippen LogP contribution in [0.25, 0.3) is 22.6 Å². The van der Waals surface area contributed by atoms with E-state index in [1.807, 2.05) is 36.4 Å². The van der Waals surface area contributed by atoms with Crippen LogP contribution in [0.2, 0.25) is 5.02 Å². The van der Waals surface area contributed by atoms with E-state index in [2.05, 4.69) is 38.9 Å². The Labute approximate surface area is 203 Å². The van der Waals surface area contributed by atoms with Crippen LogP contribution in [0.3, 0.4) is 0 Å². The SMILES string of the molecule is CC1(Oc2ncnc3c2nc(-c2ccc(O[C@H]4CCNC4)cc2Cl)n3Cc2ccccc2)CC1. The predicted octanol–water partition coefficient (Wildman–Crippen LogP) is 4.87. The lowest BCUT2D eigenvalue weighted by Gasteiger charge is -2.14. The average molecular weight is 476 g/mol. The lowest BCUT2D eigenvalue weighted by atomic mass is 10.2. The first kappa shape index (κ1) is 21.4. The Morgan fingerprint density at radius 3 is 2.74 bits per heavy atom. The lowest BCUT2D eigenvalue weighted by molar-refractivity contribution is 0.194. The molecule has 0 spiro atoms. The van der Waals surface area contributed by atoms with Crippen molar-refractivity contribution in [2.75, 3.05) is 13.1 Å². The van der Waals surface area contributed by atoms with Crippen molar-refractivity contribution in [1.29, 1.82) is 0 Å². The molecule has 1 saturated carbocycles. The molecule has 3 heterocycles. The Morgan fingerprint density at radius 2 is 2.00 bits per heavy atom. The molecule has 0 unspecified atom stereocenters. The van der Waals surface area contributed by atoms with Crippen LogP contribution >= 0.6 is 11.6 Å². The van der Waals surface area contributed by atoms with E-state index in [1.54, 1.807) is 6.33 Å². The highest BCUT2D eigenvalue weighted by molar-refractivity contribution is 6.33. The number of aromatic nitrogens is 4. The molecule has 8 heteroatoms. The molecular formula is C26H26ClN5O2. The molecule has 1 atom stereocenters. The lowest BCUT2D eigenvalue weighted by Crippen LogP contribution is -2.19. The Hall–Kier alpha value is -3.16. The van der Waals surface area contributed by atoms with Crippen LogP contribution in [0.15, 0.2) is 54.9 Å². The molecule has 2 fully saturated rings. The summed E-state index contributed by atoms with van der Waals surface area (Å²) in [6, 6.07) is 16.1. The highest BCUT2D eigenvalue weighted by atomic mass is 35.5. The van der Waals surface area contributed by atoms with Gasteiger partial charge in [0.2, 0.25) is 5.88 Å². The number of nitrogens with zero attached hydrogens (tertiary/aromatic N) is 4. The largest absolute Gasteiger partial charge is 0.489 e. The Morgan fingerprint density at radius 1 is 1.15 bits per heavy atom. The highest BCUT2D eigenvalue weighted by Crippen LogP contribution is 2.41. The third-order valence-electron chi connectivity index (χ3n) is 6.48. The van der Waals surface area contributed by atoms with E-state index in [1.165, 1.54) is 0 Å². The van der Waals surface area contributed by atoms with Crippen LogP contribution in [-0.2, 0) is 6.54 Å². The molecule has 1 aliphatic heterocycles.